The highest BCUT2D eigenvalue weighted by molar-refractivity contribution is 5.12. The summed E-state index contributed by atoms with van der Waals surface area (Å²) in [6.45, 7) is -1.01. The van der Waals surface area contributed by atoms with Crippen LogP contribution in [0.25, 0.3) is 0 Å². The third-order valence-corrected chi connectivity index (χ3v) is 3.24. The molecule has 7 heteroatoms. The van der Waals surface area contributed by atoms with Gasteiger partial charge < -0.3 is 5.73 Å². The molecule has 0 aromatic carbocycles. The first-order valence-corrected chi connectivity index (χ1v) is 6.16. The first-order chi connectivity index (χ1) is 8.94. The predicted molar refractivity (Wildman–Crippen MR) is 64.5 cm³/mol. The van der Waals surface area contributed by atoms with Gasteiger partial charge in [-0.3, -0.25) is 9.07 Å². The standard InChI is InChI=1S/C11H16F3N3.CH3F/c12-11(13,14)7-17-6-9(5-16-17)8-1-3-10(15)4-2-8;1-2/h5-6,8,10H,1-4,7,15H2;1H3. The first kappa shape index (κ1) is 15.9. The largest absolute Gasteiger partial charge is 0.408 e. The van der Waals surface area contributed by atoms with E-state index >= 15 is 0 Å². The lowest BCUT2D eigenvalue weighted by Gasteiger charge is -2.25. The van der Waals surface area contributed by atoms with Crippen molar-refractivity contribution in [1.82, 2.24) is 9.78 Å². The summed E-state index contributed by atoms with van der Waals surface area (Å²) < 4.78 is 47.0. The third kappa shape index (κ3) is 5.18. The molecular weight excluding hydrogens is 262 g/mol. The van der Waals surface area contributed by atoms with E-state index in [1.54, 1.807) is 6.20 Å². The van der Waals surface area contributed by atoms with Crippen LogP contribution in [-0.2, 0) is 6.54 Å². The SMILES string of the molecule is CF.NC1CCC(c2cnn(CC(F)(F)F)c2)CC1. The molecule has 3 nitrogen and oxygen atoms in total. The molecule has 1 aromatic heterocycles. The first-order valence-electron chi connectivity index (χ1n) is 6.16. The Hall–Kier alpha value is -1.11. The molecule has 0 bridgehead atoms. The number of rotatable bonds is 2. The van der Waals surface area contributed by atoms with Crippen molar-refractivity contribution < 1.29 is 17.6 Å². The second-order valence-corrected chi connectivity index (χ2v) is 4.70. The average Bonchev–Trinajstić information content (AvgIpc) is 2.78. The Kier molecular flexibility index (Phi) is 5.78. The molecule has 2 N–H and O–H groups in total. The molecule has 0 saturated heterocycles. The summed E-state index contributed by atoms with van der Waals surface area (Å²) >= 11 is 0. The van der Waals surface area contributed by atoms with E-state index in [1.165, 1.54) is 6.20 Å². The van der Waals surface area contributed by atoms with E-state index in [9.17, 15) is 17.6 Å². The van der Waals surface area contributed by atoms with Gasteiger partial charge in [0.2, 0.25) is 0 Å². The van der Waals surface area contributed by atoms with Crippen LogP contribution in [0.2, 0.25) is 0 Å². The lowest BCUT2D eigenvalue weighted by molar-refractivity contribution is -0.142. The Morgan fingerprint density at radius 2 is 1.84 bits per heavy atom. The zero-order valence-corrected chi connectivity index (χ0v) is 10.8. The van der Waals surface area contributed by atoms with Crippen molar-refractivity contribution in [2.24, 2.45) is 5.73 Å². The van der Waals surface area contributed by atoms with Crippen LogP contribution in [0.1, 0.15) is 37.2 Å². The monoisotopic (exact) mass is 281 g/mol. The maximum Gasteiger partial charge on any atom is 0.408 e. The van der Waals surface area contributed by atoms with E-state index in [4.69, 9.17) is 5.73 Å². The number of hydrogen-bond donors (Lipinski definition) is 1. The highest BCUT2D eigenvalue weighted by Gasteiger charge is 2.29. The van der Waals surface area contributed by atoms with Gasteiger partial charge in [-0.1, -0.05) is 0 Å². The molecule has 19 heavy (non-hydrogen) atoms. The van der Waals surface area contributed by atoms with Crippen molar-refractivity contribution in [3.63, 3.8) is 0 Å². The number of nitrogens with zero attached hydrogens (tertiary/aromatic N) is 2. The maximum absolute atomic E-state index is 12.2. The number of alkyl halides is 4. The van der Waals surface area contributed by atoms with E-state index in [0.717, 1.165) is 35.9 Å². The summed E-state index contributed by atoms with van der Waals surface area (Å²) in [6, 6.07) is 0.247. The second kappa shape index (κ2) is 6.88. The molecule has 1 aliphatic rings. The number of aromatic nitrogens is 2. The fourth-order valence-corrected chi connectivity index (χ4v) is 2.31. The summed E-state index contributed by atoms with van der Waals surface area (Å²) in [7, 11) is 0.500. The normalized spacial score (nSPS) is 23.7. The lowest BCUT2D eigenvalue weighted by atomic mass is 9.83. The maximum atomic E-state index is 12.2. The van der Waals surface area contributed by atoms with Gasteiger partial charge in [-0.2, -0.15) is 18.3 Å². The van der Waals surface area contributed by atoms with E-state index < -0.39 is 12.7 Å². The summed E-state index contributed by atoms with van der Waals surface area (Å²) in [6.07, 6.45) is 2.61. The molecule has 0 atom stereocenters. The van der Waals surface area contributed by atoms with Crippen molar-refractivity contribution in [2.45, 2.75) is 50.4 Å². The Bertz CT molecular complexity index is 367. The van der Waals surface area contributed by atoms with E-state index in [2.05, 4.69) is 5.10 Å². The zero-order chi connectivity index (χ0) is 14.5. The van der Waals surface area contributed by atoms with Gasteiger partial charge in [-0.05, 0) is 37.2 Å². The Balaban J connectivity index is 0.000000861. The van der Waals surface area contributed by atoms with Gasteiger partial charge in [0.05, 0.1) is 13.4 Å². The molecule has 0 unspecified atom stereocenters. The second-order valence-electron chi connectivity index (χ2n) is 4.70. The van der Waals surface area contributed by atoms with Gasteiger partial charge in [0.25, 0.3) is 0 Å². The molecule has 1 aliphatic carbocycles. The fraction of sp³-hybridized carbons (Fsp3) is 0.750. The predicted octanol–water partition coefficient (Wildman–Crippen LogP) is 3.02. The molecule has 1 aromatic rings. The quantitative estimate of drug-likeness (QED) is 0.847. The molecule has 110 valence electrons. The van der Waals surface area contributed by atoms with E-state index in [0.29, 0.717) is 13.1 Å². The summed E-state index contributed by atoms with van der Waals surface area (Å²) in [5.41, 5.74) is 6.70. The van der Waals surface area contributed by atoms with Crippen molar-refractivity contribution >= 4 is 0 Å². The minimum atomic E-state index is -4.21. The van der Waals surface area contributed by atoms with Crippen LogP contribution in [0.4, 0.5) is 17.6 Å². The van der Waals surface area contributed by atoms with Gasteiger partial charge in [0, 0.05) is 12.2 Å². The van der Waals surface area contributed by atoms with Crippen LogP contribution in [0.5, 0.6) is 0 Å². The third-order valence-electron chi connectivity index (χ3n) is 3.24. The van der Waals surface area contributed by atoms with Crippen molar-refractivity contribution in [2.75, 3.05) is 7.18 Å². The molecule has 1 fully saturated rings. The Morgan fingerprint density at radius 1 is 1.26 bits per heavy atom. The minimum absolute atomic E-state index is 0.247. The lowest BCUT2D eigenvalue weighted by Crippen LogP contribution is -2.25. The topological polar surface area (TPSA) is 43.8 Å². The van der Waals surface area contributed by atoms with Crippen LogP contribution >= 0.6 is 0 Å². The van der Waals surface area contributed by atoms with E-state index in [1.807, 2.05) is 0 Å². The molecule has 2 rings (SSSR count). The van der Waals surface area contributed by atoms with Gasteiger partial charge >= 0.3 is 6.18 Å². The summed E-state index contributed by atoms with van der Waals surface area (Å²) in [4.78, 5) is 0. The number of nitrogens with two attached hydrogens (primary N) is 1. The number of halogens is 4. The fourth-order valence-electron chi connectivity index (χ4n) is 2.31. The molecule has 0 amide bonds. The summed E-state index contributed by atoms with van der Waals surface area (Å²) in [5, 5.41) is 3.76. The van der Waals surface area contributed by atoms with Gasteiger partial charge in [0.15, 0.2) is 0 Å². The number of hydrogen-bond acceptors (Lipinski definition) is 2. The van der Waals surface area contributed by atoms with Crippen LogP contribution in [0.15, 0.2) is 12.4 Å². The average molecular weight is 281 g/mol. The molecular formula is C12H19F4N3. The van der Waals surface area contributed by atoms with Crippen LogP contribution in [0.3, 0.4) is 0 Å². The van der Waals surface area contributed by atoms with Crippen molar-refractivity contribution in [1.29, 1.82) is 0 Å². The Labute approximate surface area is 109 Å². The molecule has 0 spiro atoms. The molecule has 1 saturated carbocycles. The van der Waals surface area contributed by atoms with Crippen LogP contribution in [0, 0.1) is 0 Å². The highest BCUT2D eigenvalue weighted by atomic mass is 19.4. The molecule has 0 aliphatic heterocycles. The smallest absolute Gasteiger partial charge is 0.328 e. The van der Waals surface area contributed by atoms with Crippen molar-refractivity contribution in [3.05, 3.63) is 18.0 Å². The zero-order valence-electron chi connectivity index (χ0n) is 10.8. The minimum Gasteiger partial charge on any atom is -0.328 e. The van der Waals surface area contributed by atoms with Gasteiger partial charge in [0.1, 0.15) is 6.54 Å². The molecule has 0 radical (unpaired) electrons. The summed E-state index contributed by atoms with van der Waals surface area (Å²) in [5.74, 6) is 0.316. The Morgan fingerprint density at radius 3 is 2.37 bits per heavy atom. The highest BCUT2D eigenvalue weighted by Crippen LogP contribution is 2.32. The molecule has 1 heterocycles. The van der Waals surface area contributed by atoms with Gasteiger partial charge in [-0.25, -0.2) is 0 Å². The van der Waals surface area contributed by atoms with Crippen LogP contribution in [-0.4, -0.2) is 29.2 Å². The van der Waals surface area contributed by atoms with Crippen molar-refractivity contribution in [3.8, 4) is 0 Å². The van der Waals surface area contributed by atoms with Gasteiger partial charge in [-0.15, -0.1) is 0 Å². The van der Waals surface area contributed by atoms with Crippen LogP contribution < -0.4 is 5.73 Å². The van der Waals surface area contributed by atoms with E-state index in [-0.39, 0.29) is 6.04 Å².